The van der Waals surface area contributed by atoms with Crippen molar-refractivity contribution < 1.29 is 14.3 Å². The van der Waals surface area contributed by atoms with E-state index in [9.17, 15) is 4.79 Å². The Morgan fingerprint density at radius 2 is 1.92 bits per heavy atom. The molecule has 0 heterocycles. The first-order valence-corrected chi connectivity index (χ1v) is 7.87. The van der Waals surface area contributed by atoms with Crippen LogP contribution in [-0.2, 0) is 4.79 Å². The molecule has 2 aromatic carbocycles. The van der Waals surface area contributed by atoms with Gasteiger partial charge in [-0.2, -0.15) is 0 Å². The molecule has 1 amide bonds. The number of carbonyl (C=O) groups excluding carboxylic acids is 1. The van der Waals surface area contributed by atoms with E-state index in [-0.39, 0.29) is 5.91 Å². The molecule has 126 valence electrons. The van der Waals surface area contributed by atoms with Crippen molar-refractivity contribution >= 4 is 17.7 Å². The molecule has 0 aliphatic rings. The van der Waals surface area contributed by atoms with Gasteiger partial charge in [-0.3, -0.25) is 4.79 Å². The van der Waals surface area contributed by atoms with E-state index in [1.165, 1.54) is 0 Å². The number of likely N-dealkylation sites (N-methyl/N-ethyl adjacent to an activating group) is 1. The Morgan fingerprint density at radius 1 is 1.12 bits per heavy atom. The Hall–Kier alpha value is -2.75. The van der Waals surface area contributed by atoms with Crippen molar-refractivity contribution in [2.24, 2.45) is 0 Å². The molecule has 0 spiro atoms. The van der Waals surface area contributed by atoms with Crippen LogP contribution in [0.5, 0.6) is 11.5 Å². The summed E-state index contributed by atoms with van der Waals surface area (Å²) in [5.74, 6) is 1.33. The zero-order valence-corrected chi connectivity index (χ0v) is 14.6. The van der Waals surface area contributed by atoms with Gasteiger partial charge in [0.25, 0.3) is 5.91 Å². The molecular formula is C20H23NO3. The quantitative estimate of drug-likeness (QED) is 0.751. The van der Waals surface area contributed by atoms with Crippen molar-refractivity contribution in [2.75, 3.05) is 25.7 Å². The second-order valence-electron chi connectivity index (χ2n) is 5.36. The summed E-state index contributed by atoms with van der Waals surface area (Å²) in [7, 11) is 3.21. The van der Waals surface area contributed by atoms with Gasteiger partial charge in [-0.05, 0) is 55.8 Å². The summed E-state index contributed by atoms with van der Waals surface area (Å²) < 4.78 is 10.6. The molecule has 0 radical (unpaired) electrons. The lowest BCUT2D eigenvalue weighted by atomic mass is 10.1. The summed E-state index contributed by atoms with van der Waals surface area (Å²) in [6, 6.07) is 13.4. The Morgan fingerprint density at radius 3 is 2.54 bits per heavy atom. The van der Waals surface area contributed by atoms with Gasteiger partial charge < -0.3 is 14.4 Å². The number of benzene rings is 2. The maximum Gasteiger partial charge on any atom is 0.250 e. The van der Waals surface area contributed by atoms with Gasteiger partial charge in [0.05, 0.1) is 14.2 Å². The molecule has 0 saturated carbocycles. The molecule has 0 aliphatic heterocycles. The van der Waals surface area contributed by atoms with Crippen LogP contribution in [0.1, 0.15) is 18.1 Å². The van der Waals surface area contributed by atoms with Crippen LogP contribution in [0, 0.1) is 6.92 Å². The summed E-state index contributed by atoms with van der Waals surface area (Å²) in [4.78, 5) is 14.3. The Bertz CT molecular complexity index is 737. The lowest BCUT2D eigenvalue weighted by Crippen LogP contribution is -2.28. The molecular weight excluding hydrogens is 302 g/mol. The van der Waals surface area contributed by atoms with E-state index in [1.807, 2.05) is 56.3 Å². The van der Waals surface area contributed by atoms with Gasteiger partial charge in [0.1, 0.15) is 11.5 Å². The van der Waals surface area contributed by atoms with Gasteiger partial charge in [-0.1, -0.05) is 12.1 Å². The highest BCUT2D eigenvalue weighted by Gasteiger charge is 2.11. The molecule has 0 N–H and O–H groups in total. The highest BCUT2D eigenvalue weighted by Crippen LogP contribution is 2.25. The number of methoxy groups -OCH3 is 2. The molecule has 0 saturated heterocycles. The number of hydrogen-bond acceptors (Lipinski definition) is 3. The van der Waals surface area contributed by atoms with E-state index in [1.54, 1.807) is 31.3 Å². The van der Waals surface area contributed by atoms with Crippen LogP contribution in [0.15, 0.2) is 48.5 Å². The van der Waals surface area contributed by atoms with Gasteiger partial charge in [0, 0.05) is 23.9 Å². The summed E-state index contributed by atoms with van der Waals surface area (Å²) in [6.45, 7) is 4.57. The fourth-order valence-electron chi connectivity index (χ4n) is 2.48. The van der Waals surface area contributed by atoms with Crippen molar-refractivity contribution in [3.8, 4) is 11.5 Å². The predicted octanol–water partition coefficient (Wildman–Crippen LogP) is 4.08. The number of anilines is 1. The van der Waals surface area contributed by atoms with Gasteiger partial charge in [-0.15, -0.1) is 0 Å². The third kappa shape index (κ3) is 4.16. The molecule has 0 bridgehead atoms. The van der Waals surface area contributed by atoms with Gasteiger partial charge in [-0.25, -0.2) is 0 Å². The molecule has 2 rings (SSSR count). The van der Waals surface area contributed by atoms with Crippen LogP contribution < -0.4 is 14.4 Å². The lowest BCUT2D eigenvalue weighted by molar-refractivity contribution is -0.114. The SMILES string of the molecule is CCN(C(=O)/C=C/c1cc(OC)ccc1OC)c1cccc(C)c1. The minimum Gasteiger partial charge on any atom is -0.497 e. The van der Waals surface area contributed by atoms with E-state index in [0.717, 1.165) is 16.8 Å². The van der Waals surface area contributed by atoms with E-state index in [2.05, 4.69) is 0 Å². The van der Waals surface area contributed by atoms with Gasteiger partial charge in [0.15, 0.2) is 0 Å². The van der Waals surface area contributed by atoms with Crippen molar-refractivity contribution in [3.63, 3.8) is 0 Å². The number of nitrogens with zero attached hydrogens (tertiary/aromatic N) is 1. The van der Waals surface area contributed by atoms with E-state index < -0.39 is 0 Å². The number of ether oxygens (including phenoxy) is 2. The summed E-state index contributed by atoms with van der Waals surface area (Å²) in [5.41, 5.74) is 2.81. The standard InChI is InChI=1S/C20H23NO3/c1-5-21(17-8-6-7-15(2)13-17)20(22)12-9-16-14-18(23-3)10-11-19(16)24-4/h6-14H,5H2,1-4H3/b12-9+. The molecule has 4 heteroatoms. The lowest BCUT2D eigenvalue weighted by Gasteiger charge is -2.19. The molecule has 4 nitrogen and oxygen atoms in total. The minimum absolute atomic E-state index is 0.0760. The fraction of sp³-hybridized carbons (Fsp3) is 0.250. The van der Waals surface area contributed by atoms with E-state index in [0.29, 0.717) is 18.0 Å². The van der Waals surface area contributed by atoms with Crippen molar-refractivity contribution in [1.29, 1.82) is 0 Å². The van der Waals surface area contributed by atoms with Crippen LogP contribution in [0.2, 0.25) is 0 Å². The van der Waals surface area contributed by atoms with Crippen molar-refractivity contribution in [1.82, 2.24) is 0 Å². The topological polar surface area (TPSA) is 38.8 Å². The molecule has 0 atom stereocenters. The number of hydrogen-bond donors (Lipinski definition) is 0. The maximum atomic E-state index is 12.6. The Labute approximate surface area is 143 Å². The van der Waals surface area contributed by atoms with Gasteiger partial charge >= 0.3 is 0 Å². The smallest absolute Gasteiger partial charge is 0.250 e. The molecule has 0 unspecified atom stereocenters. The number of amides is 1. The van der Waals surface area contributed by atoms with Crippen LogP contribution in [0.3, 0.4) is 0 Å². The summed E-state index contributed by atoms with van der Waals surface area (Å²) in [6.07, 6.45) is 3.31. The molecule has 0 fully saturated rings. The van der Waals surface area contributed by atoms with Gasteiger partial charge in [0.2, 0.25) is 0 Å². The Balaban J connectivity index is 2.25. The fourth-order valence-corrected chi connectivity index (χ4v) is 2.48. The van der Waals surface area contributed by atoms with Crippen molar-refractivity contribution in [2.45, 2.75) is 13.8 Å². The second-order valence-corrected chi connectivity index (χ2v) is 5.36. The average Bonchev–Trinajstić information content (AvgIpc) is 2.60. The first-order chi connectivity index (χ1) is 11.6. The molecule has 0 aliphatic carbocycles. The van der Waals surface area contributed by atoms with Crippen LogP contribution in [-0.4, -0.2) is 26.7 Å². The highest BCUT2D eigenvalue weighted by molar-refractivity contribution is 6.04. The molecule has 2 aromatic rings. The number of rotatable bonds is 6. The number of aryl methyl sites for hydroxylation is 1. The van der Waals surface area contributed by atoms with Crippen LogP contribution in [0.25, 0.3) is 6.08 Å². The first kappa shape index (κ1) is 17.6. The predicted molar refractivity (Wildman–Crippen MR) is 97.8 cm³/mol. The second kappa shape index (κ2) is 8.20. The normalized spacial score (nSPS) is 10.7. The number of carbonyl (C=O) groups is 1. The summed E-state index contributed by atoms with van der Waals surface area (Å²) >= 11 is 0. The Kier molecular flexibility index (Phi) is 6.01. The average molecular weight is 325 g/mol. The third-order valence-corrected chi connectivity index (χ3v) is 3.74. The molecule has 0 aromatic heterocycles. The van der Waals surface area contributed by atoms with Crippen molar-refractivity contribution in [3.05, 3.63) is 59.7 Å². The zero-order chi connectivity index (χ0) is 17.5. The molecule has 24 heavy (non-hydrogen) atoms. The third-order valence-electron chi connectivity index (χ3n) is 3.74. The zero-order valence-electron chi connectivity index (χ0n) is 14.6. The minimum atomic E-state index is -0.0760. The maximum absolute atomic E-state index is 12.6. The van der Waals surface area contributed by atoms with Crippen LogP contribution in [0.4, 0.5) is 5.69 Å². The summed E-state index contributed by atoms with van der Waals surface area (Å²) in [5, 5.41) is 0. The van der Waals surface area contributed by atoms with E-state index >= 15 is 0 Å². The highest BCUT2D eigenvalue weighted by atomic mass is 16.5. The van der Waals surface area contributed by atoms with E-state index in [4.69, 9.17) is 9.47 Å². The monoisotopic (exact) mass is 325 g/mol. The first-order valence-electron chi connectivity index (χ1n) is 7.87. The van der Waals surface area contributed by atoms with Crippen LogP contribution >= 0.6 is 0 Å². The largest absolute Gasteiger partial charge is 0.497 e.